The van der Waals surface area contributed by atoms with Crippen LogP contribution >= 0.6 is 0 Å². The van der Waals surface area contributed by atoms with Crippen molar-refractivity contribution in [1.82, 2.24) is 25.8 Å². The first kappa shape index (κ1) is 14.4. The fourth-order valence-corrected chi connectivity index (χ4v) is 2.40. The van der Waals surface area contributed by atoms with E-state index in [9.17, 15) is 9.59 Å². The minimum atomic E-state index is -0.714. The number of ketones is 1. The Hall–Kier alpha value is -2.52. The summed E-state index contributed by atoms with van der Waals surface area (Å²) in [7, 11) is 0. The Morgan fingerprint density at radius 3 is 3.05 bits per heavy atom. The number of carbonyl (C=O) groups excluding carboxylic acids is 2. The van der Waals surface area contributed by atoms with Crippen molar-refractivity contribution in [1.29, 1.82) is 0 Å². The van der Waals surface area contributed by atoms with Crippen LogP contribution in [0.3, 0.4) is 0 Å². The van der Waals surface area contributed by atoms with Crippen molar-refractivity contribution in [3.8, 4) is 0 Å². The lowest BCUT2D eigenvalue weighted by Crippen LogP contribution is -2.44. The van der Waals surface area contributed by atoms with Crippen LogP contribution in [0.4, 0.5) is 5.69 Å². The Morgan fingerprint density at radius 2 is 2.36 bits per heavy atom. The third kappa shape index (κ3) is 2.51. The molecular formula is C13H16N6O3. The molecule has 2 N–H and O–H groups in total. The van der Waals surface area contributed by atoms with Crippen molar-refractivity contribution >= 4 is 17.8 Å². The van der Waals surface area contributed by atoms with Gasteiger partial charge in [0.2, 0.25) is 5.78 Å². The number of aldehydes is 1. The molecule has 1 atom stereocenters. The number of hydrogen-bond donors (Lipinski definition) is 2. The maximum atomic E-state index is 11.6. The van der Waals surface area contributed by atoms with E-state index < -0.39 is 11.9 Å². The zero-order valence-corrected chi connectivity index (χ0v) is 12.2. The van der Waals surface area contributed by atoms with Gasteiger partial charge in [0, 0.05) is 11.8 Å². The van der Waals surface area contributed by atoms with Gasteiger partial charge in [-0.05, 0) is 13.8 Å². The number of aromatic nitrogens is 3. The molecule has 0 aromatic carbocycles. The van der Waals surface area contributed by atoms with Crippen LogP contribution in [-0.4, -0.2) is 39.8 Å². The first-order valence-electron chi connectivity index (χ1n) is 6.78. The summed E-state index contributed by atoms with van der Waals surface area (Å²) < 4.78 is 6.87. The summed E-state index contributed by atoms with van der Waals surface area (Å²) in [6, 6.07) is 0. The summed E-state index contributed by atoms with van der Waals surface area (Å²) in [6.45, 7) is 4.67. The summed E-state index contributed by atoms with van der Waals surface area (Å²) in [5, 5.41) is 8.20. The van der Waals surface area contributed by atoms with Crippen molar-refractivity contribution in [2.75, 3.05) is 11.6 Å². The molecule has 0 bridgehead atoms. The molecule has 3 heterocycles. The van der Waals surface area contributed by atoms with E-state index >= 15 is 0 Å². The molecule has 2 aromatic rings. The van der Waals surface area contributed by atoms with Crippen LogP contribution in [0.25, 0.3) is 0 Å². The van der Waals surface area contributed by atoms with Crippen LogP contribution < -0.4 is 15.8 Å². The molecule has 9 nitrogen and oxygen atoms in total. The van der Waals surface area contributed by atoms with Crippen LogP contribution in [0, 0.1) is 13.8 Å². The highest BCUT2D eigenvalue weighted by Crippen LogP contribution is 2.19. The van der Waals surface area contributed by atoms with Crippen molar-refractivity contribution < 1.29 is 14.1 Å². The zero-order chi connectivity index (χ0) is 15.7. The van der Waals surface area contributed by atoms with Gasteiger partial charge in [0.15, 0.2) is 12.5 Å². The molecule has 0 amide bonds. The Labute approximate surface area is 126 Å². The van der Waals surface area contributed by atoms with Gasteiger partial charge in [0.05, 0.1) is 30.8 Å². The topological polar surface area (TPSA) is 105 Å². The highest BCUT2D eigenvalue weighted by Gasteiger charge is 2.30. The highest BCUT2D eigenvalue weighted by molar-refractivity contribution is 6.28. The largest absolute Gasteiger partial charge is 0.361 e. The first-order valence-corrected chi connectivity index (χ1v) is 6.78. The van der Waals surface area contributed by atoms with Crippen LogP contribution in [0.2, 0.25) is 0 Å². The number of hydrogen-bond acceptors (Lipinski definition) is 8. The monoisotopic (exact) mass is 304 g/mol. The van der Waals surface area contributed by atoms with Gasteiger partial charge >= 0.3 is 0 Å². The minimum absolute atomic E-state index is 0.311. The standard InChI is InChI=1S/C13H16N6O3/c1-8-11(9(2)22-17-8)5-18-4-10(3-15-18)19-7-14-16-13(19)12(21)6-20/h3-4,6,13-14,16H,5,7H2,1-2H3. The smallest absolute Gasteiger partial charge is 0.233 e. The predicted octanol–water partition coefficient (Wildman–Crippen LogP) is -0.498. The van der Waals surface area contributed by atoms with Gasteiger partial charge in [-0.1, -0.05) is 5.16 Å². The van der Waals surface area contributed by atoms with Gasteiger partial charge in [-0.25, -0.2) is 10.9 Å². The normalized spacial score (nSPS) is 17.9. The molecule has 2 aromatic heterocycles. The number of anilines is 1. The highest BCUT2D eigenvalue weighted by atomic mass is 16.5. The van der Waals surface area contributed by atoms with Gasteiger partial charge < -0.3 is 9.42 Å². The average molecular weight is 304 g/mol. The lowest BCUT2D eigenvalue weighted by atomic mass is 10.2. The van der Waals surface area contributed by atoms with Crippen molar-refractivity contribution in [2.45, 2.75) is 26.6 Å². The second kappa shape index (κ2) is 5.70. The van der Waals surface area contributed by atoms with Gasteiger partial charge in [0.1, 0.15) is 5.76 Å². The van der Waals surface area contributed by atoms with E-state index in [1.165, 1.54) is 0 Å². The van der Waals surface area contributed by atoms with Gasteiger partial charge in [-0.2, -0.15) is 5.10 Å². The van der Waals surface area contributed by atoms with Crippen molar-refractivity contribution in [3.63, 3.8) is 0 Å². The van der Waals surface area contributed by atoms with E-state index in [4.69, 9.17) is 4.52 Å². The Morgan fingerprint density at radius 1 is 1.55 bits per heavy atom. The Bertz CT molecular complexity index is 687. The lowest BCUT2D eigenvalue weighted by molar-refractivity contribution is -0.131. The van der Waals surface area contributed by atoms with Gasteiger partial charge in [-0.3, -0.25) is 14.3 Å². The average Bonchev–Trinajstić information content (AvgIpc) is 3.22. The fourth-order valence-electron chi connectivity index (χ4n) is 2.40. The van der Waals surface area contributed by atoms with Crippen molar-refractivity contribution in [2.24, 2.45) is 0 Å². The molecule has 116 valence electrons. The molecule has 1 unspecified atom stereocenters. The molecule has 0 radical (unpaired) electrons. The van der Waals surface area contributed by atoms with Crippen LogP contribution in [0.1, 0.15) is 17.0 Å². The number of hydrazine groups is 1. The number of nitrogens with zero attached hydrogens (tertiary/aromatic N) is 4. The molecule has 1 saturated heterocycles. The molecule has 0 spiro atoms. The summed E-state index contributed by atoms with van der Waals surface area (Å²) in [5.74, 6) is 0.219. The van der Waals surface area contributed by atoms with Crippen LogP contribution in [0.15, 0.2) is 16.9 Å². The van der Waals surface area contributed by atoms with Gasteiger partial charge in [-0.15, -0.1) is 0 Å². The predicted molar refractivity (Wildman–Crippen MR) is 75.8 cm³/mol. The molecule has 1 aliphatic heterocycles. The number of nitrogens with one attached hydrogen (secondary N) is 2. The molecule has 1 aliphatic rings. The molecular weight excluding hydrogens is 288 g/mol. The zero-order valence-electron chi connectivity index (χ0n) is 12.2. The lowest BCUT2D eigenvalue weighted by Gasteiger charge is -2.19. The Balaban J connectivity index is 1.79. The molecule has 9 heteroatoms. The quantitative estimate of drug-likeness (QED) is 0.563. The second-order valence-electron chi connectivity index (χ2n) is 5.07. The second-order valence-corrected chi connectivity index (χ2v) is 5.07. The minimum Gasteiger partial charge on any atom is -0.361 e. The SMILES string of the molecule is Cc1noc(C)c1Cn1cc(N2CNNC2C(=O)C=O)cn1. The van der Waals surface area contributed by atoms with E-state index in [1.54, 1.807) is 15.8 Å². The van der Waals surface area contributed by atoms with E-state index in [-0.39, 0.29) is 0 Å². The Kier molecular flexibility index (Phi) is 3.73. The van der Waals surface area contributed by atoms with E-state index in [0.717, 1.165) is 22.7 Å². The number of aryl methyl sites for hydroxylation is 2. The maximum Gasteiger partial charge on any atom is 0.233 e. The third-order valence-corrected chi connectivity index (χ3v) is 3.64. The summed E-state index contributed by atoms with van der Waals surface area (Å²) in [5.41, 5.74) is 8.15. The van der Waals surface area contributed by atoms with Crippen LogP contribution in [0.5, 0.6) is 0 Å². The number of rotatable bonds is 5. The summed E-state index contributed by atoms with van der Waals surface area (Å²) in [4.78, 5) is 24.0. The first-order chi connectivity index (χ1) is 10.6. The molecule has 3 rings (SSSR count). The third-order valence-electron chi connectivity index (χ3n) is 3.64. The van der Waals surface area contributed by atoms with E-state index in [2.05, 4.69) is 21.1 Å². The summed E-state index contributed by atoms with van der Waals surface area (Å²) >= 11 is 0. The maximum absolute atomic E-state index is 11.6. The fraction of sp³-hybridized carbons (Fsp3) is 0.385. The van der Waals surface area contributed by atoms with Crippen LogP contribution in [-0.2, 0) is 16.1 Å². The number of carbonyl (C=O) groups is 2. The van der Waals surface area contributed by atoms with Gasteiger partial charge in [0.25, 0.3) is 0 Å². The number of Topliss-reactive ketones (excluding diaryl/α,β-unsaturated/α-hetero) is 1. The van der Waals surface area contributed by atoms with E-state index in [0.29, 0.717) is 19.5 Å². The molecule has 1 fully saturated rings. The van der Waals surface area contributed by atoms with Crippen molar-refractivity contribution in [3.05, 3.63) is 29.4 Å². The molecule has 22 heavy (non-hydrogen) atoms. The summed E-state index contributed by atoms with van der Waals surface area (Å²) in [6.07, 6.45) is 3.06. The molecule has 0 aliphatic carbocycles. The molecule has 0 saturated carbocycles. The van der Waals surface area contributed by atoms with E-state index in [1.807, 2.05) is 20.0 Å².